The van der Waals surface area contributed by atoms with E-state index in [1.807, 2.05) is 13.0 Å². The van der Waals surface area contributed by atoms with Gasteiger partial charge in [0.1, 0.15) is 16.5 Å². The summed E-state index contributed by atoms with van der Waals surface area (Å²) in [6.45, 7) is 2.24. The molecule has 3 aromatic carbocycles. The summed E-state index contributed by atoms with van der Waals surface area (Å²) in [5, 5.41) is 0. The number of anilines is 2. The van der Waals surface area contributed by atoms with E-state index in [0.717, 1.165) is 6.07 Å². The van der Waals surface area contributed by atoms with Crippen molar-refractivity contribution in [2.24, 2.45) is 0 Å². The molecule has 0 fully saturated rings. The molecule has 3 aromatic rings. The van der Waals surface area contributed by atoms with Crippen LogP contribution in [0.3, 0.4) is 0 Å². The summed E-state index contributed by atoms with van der Waals surface area (Å²) in [7, 11) is -4.16. The molecule has 6 nitrogen and oxygen atoms in total. The van der Waals surface area contributed by atoms with Gasteiger partial charge in [-0.1, -0.05) is 24.3 Å². The molecule has 0 atom stereocenters. The molecule has 4 rings (SSSR count). The first-order chi connectivity index (χ1) is 13.9. The van der Waals surface area contributed by atoms with E-state index in [4.69, 9.17) is 4.74 Å². The summed E-state index contributed by atoms with van der Waals surface area (Å²) in [6.07, 6.45) is 0. The van der Waals surface area contributed by atoms with Crippen molar-refractivity contribution in [1.82, 2.24) is 0 Å². The van der Waals surface area contributed by atoms with Crippen LogP contribution in [0, 0.1) is 5.82 Å². The smallest absolute Gasteiger partial charge is 0.264 e. The first kappa shape index (κ1) is 18.9. The molecule has 1 aliphatic rings. The highest BCUT2D eigenvalue weighted by Crippen LogP contribution is 2.39. The van der Waals surface area contributed by atoms with Crippen LogP contribution in [0.5, 0.6) is 11.5 Å². The van der Waals surface area contributed by atoms with Crippen LogP contribution in [0.15, 0.2) is 71.6 Å². The van der Waals surface area contributed by atoms with E-state index in [2.05, 4.69) is 4.72 Å². The number of amides is 1. The third-order valence-electron chi connectivity index (χ3n) is 4.53. The first-order valence-corrected chi connectivity index (χ1v) is 10.4. The molecular formula is C21H17FN2O4S. The van der Waals surface area contributed by atoms with Crippen LogP contribution < -0.4 is 14.4 Å². The Kier molecular flexibility index (Phi) is 4.71. The fourth-order valence-electron chi connectivity index (χ4n) is 3.18. The van der Waals surface area contributed by atoms with Gasteiger partial charge in [-0.25, -0.2) is 12.8 Å². The zero-order chi connectivity index (χ0) is 20.6. The number of carbonyl (C=O) groups is 1. The summed E-state index contributed by atoms with van der Waals surface area (Å²) < 4.78 is 47.3. The Labute approximate surface area is 167 Å². The van der Waals surface area contributed by atoms with Crippen LogP contribution in [0.2, 0.25) is 0 Å². The SMILES string of the molecule is CCN1C(=O)c2cc(NS(=O)(=O)c3ccccc3F)ccc2Oc2ccccc21. The largest absolute Gasteiger partial charge is 0.454 e. The van der Waals surface area contributed by atoms with Crippen molar-refractivity contribution in [2.45, 2.75) is 11.8 Å². The number of halogens is 1. The summed E-state index contributed by atoms with van der Waals surface area (Å²) in [4.78, 5) is 14.2. The van der Waals surface area contributed by atoms with Gasteiger partial charge in [-0.2, -0.15) is 0 Å². The van der Waals surface area contributed by atoms with Crippen LogP contribution in [-0.2, 0) is 10.0 Å². The van der Waals surface area contributed by atoms with Gasteiger partial charge < -0.3 is 9.64 Å². The molecule has 0 saturated carbocycles. The maximum Gasteiger partial charge on any atom is 0.264 e. The predicted octanol–water partition coefficient (Wildman–Crippen LogP) is 4.40. The fourth-order valence-corrected chi connectivity index (χ4v) is 4.31. The quantitative estimate of drug-likeness (QED) is 0.689. The Hall–Kier alpha value is -3.39. The monoisotopic (exact) mass is 412 g/mol. The van der Waals surface area contributed by atoms with Crippen LogP contribution >= 0.6 is 0 Å². The zero-order valence-electron chi connectivity index (χ0n) is 15.4. The Balaban J connectivity index is 1.74. The lowest BCUT2D eigenvalue weighted by molar-refractivity contribution is 0.0988. The van der Waals surface area contributed by atoms with Crippen molar-refractivity contribution in [1.29, 1.82) is 0 Å². The molecule has 0 unspecified atom stereocenters. The van der Waals surface area contributed by atoms with E-state index in [0.29, 0.717) is 23.7 Å². The number of nitrogens with one attached hydrogen (secondary N) is 1. The third kappa shape index (κ3) is 3.42. The predicted molar refractivity (Wildman–Crippen MR) is 108 cm³/mol. The third-order valence-corrected chi connectivity index (χ3v) is 5.94. The standard InChI is InChI=1S/C21H17FN2O4S/c1-2-24-17-8-4-5-9-19(17)28-18-12-11-14(13-15(18)21(24)25)23-29(26,27)20-10-6-3-7-16(20)22/h3-13,23H,2H2,1H3. The number of rotatable bonds is 4. The van der Waals surface area contributed by atoms with E-state index in [9.17, 15) is 17.6 Å². The van der Waals surface area contributed by atoms with Gasteiger partial charge in [0, 0.05) is 12.2 Å². The second-order valence-corrected chi connectivity index (χ2v) is 8.02. The summed E-state index contributed by atoms with van der Waals surface area (Å²) in [5.41, 5.74) is 0.965. The molecule has 0 saturated heterocycles. The van der Waals surface area contributed by atoms with E-state index >= 15 is 0 Å². The maximum absolute atomic E-state index is 13.9. The van der Waals surface area contributed by atoms with Gasteiger partial charge >= 0.3 is 0 Å². The minimum atomic E-state index is -4.16. The highest BCUT2D eigenvalue weighted by atomic mass is 32.2. The number of benzene rings is 3. The van der Waals surface area contributed by atoms with Crippen molar-refractivity contribution in [2.75, 3.05) is 16.2 Å². The molecule has 0 spiro atoms. The highest BCUT2D eigenvalue weighted by Gasteiger charge is 2.28. The second kappa shape index (κ2) is 7.21. The molecule has 8 heteroatoms. The molecule has 0 radical (unpaired) electrons. The van der Waals surface area contributed by atoms with Crippen molar-refractivity contribution in [3.8, 4) is 11.5 Å². The van der Waals surface area contributed by atoms with Crippen LogP contribution in [-0.4, -0.2) is 20.9 Å². The first-order valence-electron chi connectivity index (χ1n) is 8.91. The van der Waals surface area contributed by atoms with Crippen LogP contribution in [0.25, 0.3) is 0 Å². The molecule has 0 bridgehead atoms. The molecular weight excluding hydrogens is 395 g/mol. The summed E-state index contributed by atoms with van der Waals surface area (Å²) in [6, 6.07) is 16.6. The van der Waals surface area contributed by atoms with E-state index in [-0.39, 0.29) is 17.2 Å². The molecule has 0 aromatic heterocycles. The summed E-state index contributed by atoms with van der Waals surface area (Å²) >= 11 is 0. The van der Waals surface area contributed by atoms with E-state index < -0.39 is 20.7 Å². The van der Waals surface area contributed by atoms with Gasteiger partial charge in [0.15, 0.2) is 5.75 Å². The molecule has 1 N–H and O–H groups in total. The Bertz CT molecular complexity index is 1210. The van der Waals surface area contributed by atoms with Crippen molar-refractivity contribution in [3.05, 3.63) is 78.1 Å². The number of hydrogen-bond acceptors (Lipinski definition) is 4. The van der Waals surface area contributed by atoms with Crippen molar-refractivity contribution >= 4 is 27.3 Å². The minimum absolute atomic E-state index is 0.131. The molecule has 0 aliphatic carbocycles. The number of sulfonamides is 1. The lowest BCUT2D eigenvalue weighted by Gasteiger charge is -2.20. The van der Waals surface area contributed by atoms with Gasteiger partial charge in [0.2, 0.25) is 0 Å². The Morgan fingerprint density at radius 1 is 1.00 bits per heavy atom. The van der Waals surface area contributed by atoms with Gasteiger partial charge in [-0.15, -0.1) is 0 Å². The average molecular weight is 412 g/mol. The molecule has 1 aliphatic heterocycles. The second-order valence-electron chi connectivity index (χ2n) is 6.37. The Morgan fingerprint density at radius 2 is 1.72 bits per heavy atom. The number of para-hydroxylation sites is 2. The molecule has 1 heterocycles. The van der Waals surface area contributed by atoms with Gasteiger partial charge in [-0.3, -0.25) is 9.52 Å². The highest BCUT2D eigenvalue weighted by molar-refractivity contribution is 7.92. The van der Waals surface area contributed by atoms with Crippen LogP contribution in [0.1, 0.15) is 17.3 Å². The lowest BCUT2D eigenvalue weighted by atomic mass is 10.1. The van der Waals surface area contributed by atoms with Gasteiger partial charge in [0.25, 0.3) is 15.9 Å². The van der Waals surface area contributed by atoms with Gasteiger partial charge in [0.05, 0.1) is 11.3 Å². The number of carbonyl (C=O) groups excluding carboxylic acids is 1. The topological polar surface area (TPSA) is 75.7 Å². The summed E-state index contributed by atoms with van der Waals surface area (Å²) in [5.74, 6) is -0.338. The van der Waals surface area contributed by atoms with Crippen molar-refractivity contribution < 1.29 is 22.3 Å². The van der Waals surface area contributed by atoms with Crippen LogP contribution in [0.4, 0.5) is 15.8 Å². The number of fused-ring (bicyclic) bond motifs is 2. The zero-order valence-corrected chi connectivity index (χ0v) is 16.2. The molecule has 1 amide bonds. The van der Waals surface area contributed by atoms with E-state index in [1.165, 1.54) is 36.4 Å². The van der Waals surface area contributed by atoms with Crippen molar-refractivity contribution in [3.63, 3.8) is 0 Å². The Morgan fingerprint density at radius 3 is 2.48 bits per heavy atom. The fraction of sp³-hybridized carbons (Fsp3) is 0.0952. The number of ether oxygens (including phenoxy) is 1. The average Bonchev–Trinajstić information content (AvgIpc) is 2.82. The van der Waals surface area contributed by atoms with E-state index in [1.54, 1.807) is 23.1 Å². The molecule has 148 valence electrons. The minimum Gasteiger partial charge on any atom is -0.454 e. The number of nitrogens with zero attached hydrogens (tertiary/aromatic N) is 1. The molecule has 29 heavy (non-hydrogen) atoms. The maximum atomic E-state index is 13.9. The normalized spacial score (nSPS) is 13.2. The van der Waals surface area contributed by atoms with Gasteiger partial charge in [-0.05, 0) is 49.4 Å². The lowest BCUT2D eigenvalue weighted by Crippen LogP contribution is -2.29. The number of hydrogen-bond donors (Lipinski definition) is 1.